The topological polar surface area (TPSA) is 67.8 Å². The lowest BCUT2D eigenvalue weighted by Gasteiger charge is -2.18. The second-order valence-corrected chi connectivity index (χ2v) is 6.36. The molecule has 1 aromatic carbocycles. The molecular weight excluding hydrogens is 314 g/mol. The number of hydrogen-bond donors (Lipinski definition) is 2. The summed E-state index contributed by atoms with van der Waals surface area (Å²) in [6.07, 6.45) is 3.58. The van der Waals surface area contributed by atoms with E-state index in [0.29, 0.717) is 24.5 Å². The number of benzene rings is 1. The zero-order valence-corrected chi connectivity index (χ0v) is 15.1. The van der Waals surface area contributed by atoms with E-state index < -0.39 is 12.0 Å². The zero-order chi connectivity index (χ0) is 17.2. The molecule has 0 aliphatic carbocycles. The predicted octanol–water partition coefficient (Wildman–Crippen LogP) is 3.17. The number of carboxylic acid groups (broad SMARTS) is 1. The third-order valence-electron chi connectivity index (χ3n) is 3.59. The Balaban J connectivity index is 2.75. The van der Waals surface area contributed by atoms with E-state index in [9.17, 15) is 9.90 Å². The molecular formula is C17H27NO4S. The lowest BCUT2D eigenvalue weighted by atomic mass is 10.1. The molecule has 6 heteroatoms. The van der Waals surface area contributed by atoms with Crippen molar-refractivity contribution in [2.24, 2.45) is 0 Å². The minimum Gasteiger partial charge on any atom is -0.493 e. The minimum atomic E-state index is -0.816. The molecule has 0 amide bonds. The highest BCUT2D eigenvalue weighted by Crippen LogP contribution is 2.29. The SMILES string of the molecule is CC[C@H](C)Oc1cc(CN[C@H](CCSC)C(=O)O)ccc1OC. The highest BCUT2D eigenvalue weighted by Gasteiger charge is 2.16. The van der Waals surface area contributed by atoms with Gasteiger partial charge in [-0.3, -0.25) is 4.79 Å². The Hall–Kier alpha value is -1.40. The van der Waals surface area contributed by atoms with Crippen molar-refractivity contribution in [2.45, 2.75) is 45.4 Å². The van der Waals surface area contributed by atoms with E-state index in [2.05, 4.69) is 12.2 Å². The van der Waals surface area contributed by atoms with Gasteiger partial charge in [0, 0.05) is 6.54 Å². The van der Waals surface area contributed by atoms with Crippen LogP contribution in [0.3, 0.4) is 0 Å². The average Bonchev–Trinajstić information content (AvgIpc) is 2.54. The first kappa shape index (κ1) is 19.6. The van der Waals surface area contributed by atoms with Crippen molar-refractivity contribution in [2.75, 3.05) is 19.1 Å². The predicted molar refractivity (Wildman–Crippen MR) is 94.6 cm³/mol. The lowest BCUT2D eigenvalue weighted by molar-refractivity contribution is -0.139. The highest BCUT2D eigenvalue weighted by atomic mass is 32.2. The van der Waals surface area contributed by atoms with Crippen LogP contribution in [0.2, 0.25) is 0 Å². The van der Waals surface area contributed by atoms with E-state index in [4.69, 9.17) is 9.47 Å². The maximum atomic E-state index is 11.3. The van der Waals surface area contributed by atoms with Gasteiger partial charge in [-0.25, -0.2) is 0 Å². The second-order valence-electron chi connectivity index (χ2n) is 5.38. The summed E-state index contributed by atoms with van der Waals surface area (Å²) in [6.45, 7) is 4.55. The van der Waals surface area contributed by atoms with Gasteiger partial charge in [0.15, 0.2) is 11.5 Å². The van der Waals surface area contributed by atoms with Gasteiger partial charge in [0.1, 0.15) is 6.04 Å². The van der Waals surface area contributed by atoms with Gasteiger partial charge in [0.05, 0.1) is 13.2 Å². The Morgan fingerprint density at radius 2 is 2.13 bits per heavy atom. The van der Waals surface area contributed by atoms with Crippen LogP contribution in [-0.4, -0.2) is 42.3 Å². The van der Waals surface area contributed by atoms with Crippen LogP contribution in [0, 0.1) is 0 Å². The number of nitrogens with one attached hydrogen (secondary N) is 1. The summed E-state index contributed by atoms with van der Waals surface area (Å²) in [5.41, 5.74) is 0.972. The van der Waals surface area contributed by atoms with E-state index in [-0.39, 0.29) is 6.10 Å². The normalized spacial score (nSPS) is 13.4. The first-order valence-electron chi connectivity index (χ1n) is 7.80. The Labute approximate surface area is 142 Å². The summed E-state index contributed by atoms with van der Waals surface area (Å²) in [4.78, 5) is 11.3. The quantitative estimate of drug-likeness (QED) is 0.644. The van der Waals surface area contributed by atoms with Gasteiger partial charge in [0.2, 0.25) is 0 Å². The lowest BCUT2D eigenvalue weighted by Crippen LogP contribution is -2.36. The molecule has 0 saturated carbocycles. The van der Waals surface area contributed by atoms with E-state index in [1.165, 1.54) is 0 Å². The molecule has 0 saturated heterocycles. The Morgan fingerprint density at radius 1 is 1.39 bits per heavy atom. The average molecular weight is 341 g/mol. The Bertz CT molecular complexity index is 495. The summed E-state index contributed by atoms with van der Waals surface area (Å²) >= 11 is 1.65. The summed E-state index contributed by atoms with van der Waals surface area (Å²) in [5, 5.41) is 12.3. The second kappa shape index (κ2) is 10.4. The molecule has 130 valence electrons. The summed E-state index contributed by atoms with van der Waals surface area (Å²) in [7, 11) is 1.61. The number of rotatable bonds is 11. The number of carboxylic acids is 1. The van der Waals surface area contributed by atoms with Gasteiger partial charge in [-0.15, -0.1) is 0 Å². The minimum absolute atomic E-state index is 0.0976. The van der Waals surface area contributed by atoms with Crippen LogP contribution in [0.15, 0.2) is 18.2 Å². The Morgan fingerprint density at radius 3 is 2.70 bits per heavy atom. The number of ether oxygens (including phenoxy) is 2. The van der Waals surface area contributed by atoms with Crippen molar-refractivity contribution in [3.63, 3.8) is 0 Å². The molecule has 0 spiro atoms. The van der Waals surface area contributed by atoms with Crippen LogP contribution in [0.4, 0.5) is 0 Å². The third-order valence-corrected chi connectivity index (χ3v) is 4.24. The summed E-state index contributed by atoms with van der Waals surface area (Å²) in [6, 6.07) is 5.14. The molecule has 0 bridgehead atoms. The number of hydrogen-bond acceptors (Lipinski definition) is 5. The van der Waals surface area contributed by atoms with Crippen molar-refractivity contribution in [1.29, 1.82) is 0 Å². The number of thioether (sulfide) groups is 1. The standard InChI is InChI=1S/C17H27NO4S/c1-5-12(2)22-16-10-13(6-7-15(16)21-3)11-18-14(17(19)20)8-9-23-4/h6-7,10,12,14,18H,5,8-9,11H2,1-4H3,(H,19,20)/t12-,14+/m0/s1. The fourth-order valence-corrected chi connectivity index (χ4v) is 2.48. The first-order valence-corrected chi connectivity index (χ1v) is 9.19. The van der Waals surface area contributed by atoms with Crippen molar-refractivity contribution < 1.29 is 19.4 Å². The molecule has 0 aliphatic rings. The molecule has 1 aromatic rings. The number of methoxy groups -OCH3 is 1. The third kappa shape index (κ3) is 6.71. The monoisotopic (exact) mass is 341 g/mol. The van der Waals surface area contributed by atoms with E-state index in [0.717, 1.165) is 17.7 Å². The molecule has 0 fully saturated rings. The van der Waals surface area contributed by atoms with Gasteiger partial charge in [-0.2, -0.15) is 11.8 Å². The fraction of sp³-hybridized carbons (Fsp3) is 0.588. The largest absolute Gasteiger partial charge is 0.493 e. The number of aliphatic carboxylic acids is 1. The van der Waals surface area contributed by atoms with Gasteiger partial charge in [-0.1, -0.05) is 13.0 Å². The van der Waals surface area contributed by atoms with Crippen LogP contribution in [0.5, 0.6) is 11.5 Å². The van der Waals surface area contributed by atoms with Crippen molar-refractivity contribution >= 4 is 17.7 Å². The van der Waals surface area contributed by atoms with E-state index >= 15 is 0 Å². The van der Waals surface area contributed by atoms with Gasteiger partial charge in [0.25, 0.3) is 0 Å². The molecule has 0 heterocycles. The molecule has 0 unspecified atom stereocenters. The van der Waals surface area contributed by atoms with Crippen LogP contribution in [-0.2, 0) is 11.3 Å². The van der Waals surface area contributed by atoms with Crippen molar-refractivity contribution in [3.8, 4) is 11.5 Å². The van der Waals surface area contributed by atoms with E-state index in [1.807, 2.05) is 31.4 Å². The Kier molecular flexibility index (Phi) is 8.87. The molecule has 23 heavy (non-hydrogen) atoms. The van der Waals surface area contributed by atoms with Crippen molar-refractivity contribution in [1.82, 2.24) is 5.32 Å². The highest BCUT2D eigenvalue weighted by molar-refractivity contribution is 7.98. The first-order chi connectivity index (χ1) is 11.0. The van der Waals surface area contributed by atoms with Crippen LogP contribution in [0.1, 0.15) is 32.3 Å². The summed E-state index contributed by atoms with van der Waals surface area (Å²) in [5.74, 6) is 1.38. The van der Waals surface area contributed by atoms with Crippen LogP contribution < -0.4 is 14.8 Å². The van der Waals surface area contributed by atoms with Gasteiger partial charge < -0.3 is 19.9 Å². The summed E-state index contributed by atoms with van der Waals surface area (Å²) < 4.78 is 11.2. The van der Waals surface area contributed by atoms with Crippen LogP contribution >= 0.6 is 11.8 Å². The molecule has 2 atom stereocenters. The molecule has 1 rings (SSSR count). The van der Waals surface area contributed by atoms with E-state index in [1.54, 1.807) is 18.9 Å². The number of carbonyl (C=O) groups is 1. The van der Waals surface area contributed by atoms with Crippen LogP contribution in [0.25, 0.3) is 0 Å². The van der Waals surface area contributed by atoms with Crippen molar-refractivity contribution in [3.05, 3.63) is 23.8 Å². The zero-order valence-electron chi connectivity index (χ0n) is 14.3. The fourth-order valence-electron chi connectivity index (χ4n) is 2.01. The molecule has 0 radical (unpaired) electrons. The maximum absolute atomic E-state index is 11.3. The molecule has 2 N–H and O–H groups in total. The molecule has 5 nitrogen and oxygen atoms in total. The van der Waals surface area contributed by atoms with Gasteiger partial charge in [-0.05, 0) is 49.5 Å². The smallest absolute Gasteiger partial charge is 0.320 e. The molecule has 0 aliphatic heterocycles. The molecule has 0 aromatic heterocycles. The van der Waals surface area contributed by atoms with Gasteiger partial charge >= 0.3 is 5.97 Å². The maximum Gasteiger partial charge on any atom is 0.320 e.